The highest BCUT2D eigenvalue weighted by Crippen LogP contribution is 2.30. The van der Waals surface area contributed by atoms with Crippen molar-refractivity contribution in [2.75, 3.05) is 0 Å². The predicted octanol–water partition coefficient (Wildman–Crippen LogP) is 4.01. The zero-order valence-corrected chi connectivity index (χ0v) is 16.2. The van der Waals surface area contributed by atoms with E-state index in [1.165, 1.54) is 18.2 Å². The van der Waals surface area contributed by atoms with E-state index in [0.29, 0.717) is 21.3 Å². The van der Waals surface area contributed by atoms with Crippen molar-refractivity contribution < 1.29 is 17.5 Å². The van der Waals surface area contributed by atoms with Crippen LogP contribution in [0.5, 0.6) is 0 Å². The van der Waals surface area contributed by atoms with E-state index in [1.807, 2.05) is 20.8 Å². The van der Waals surface area contributed by atoms with Gasteiger partial charge in [-0.25, -0.2) is 0 Å². The molecule has 1 aromatic rings. The number of halogens is 1. The largest absolute Gasteiger partial charge is 0.358 e. The molecule has 5 nitrogen and oxygen atoms in total. The molecule has 0 saturated heterocycles. The molecule has 1 aliphatic rings. The lowest BCUT2D eigenvalue weighted by Gasteiger charge is -2.23. The smallest absolute Gasteiger partial charge is 0.290 e. The third-order valence-electron chi connectivity index (χ3n) is 3.42. The van der Waals surface area contributed by atoms with E-state index >= 15 is 0 Å². The summed E-state index contributed by atoms with van der Waals surface area (Å²) in [6.45, 7) is 7.40. The molecule has 0 radical (unpaired) electrons. The SMILES string of the molecule is CC1=CC(=O)C(C(C)(C)C)=C/C1=N/OS(=O)(=O)c1cccc(Br)c1. The van der Waals surface area contributed by atoms with Gasteiger partial charge in [0.05, 0.1) is 0 Å². The topological polar surface area (TPSA) is 72.8 Å². The van der Waals surface area contributed by atoms with Crippen LogP contribution in [0.2, 0.25) is 0 Å². The van der Waals surface area contributed by atoms with E-state index < -0.39 is 10.1 Å². The van der Waals surface area contributed by atoms with Gasteiger partial charge in [0.2, 0.25) is 0 Å². The van der Waals surface area contributed by atoms with Crippen molar-refractivity contribution in [3.63, 3.8) is 0 Å². The molecule has 0 atom stereocenters. The molecule has 128 valence electrons. The highest BCUT2D eigenvalue weighted by Gasteiger charge is 2.27. The normalized spacial score (nSPS) is 17.5. The van der Waals surface area contributed by atoms with Gasteiger partial charge in [-0.1, -0.05) is 47.9 Å². The van der Waals surface area contributed by atoms with Crippen molar-refractivity contribution in [3.8, 4) is 0 Å². The Kier molecular flexibility index (Phi) is 5.15. The van der Waals surface area contributed by atoms with Crippen LogP contribution in [0.15, 0.2) is 62.1 Å². The number of carbonyl (C=O) groups is 1. The Morgan fingerprint density at radius 2 is 1.83 bits per heavy atom. The van der Waals surface area contributed by atoms with Crippen molar-refractivity contribution in [1.29, 1.82) is 0 Å². The van der Waals surface area contributed by atoms with Gasteiger partial charge >= 0.3 is 10.1 Å². The number of rotatable bonds is 3. The molecule has 0 amide bonds. The molecule has 24 heavy (non-hydrogen) atoms. The summed E-state index contributed by atoms with van der Waals surface area (Å²) in [6.07, 6.45) is 3.02. The molecule has 7 heteroatoms. The summed E-state index contributed by atoms with van der Waals surface area (Å²) in [7, 11) is -4.03. The van der Waals surface area contributed by atoms with Crippen LogP contribution >= 0.6 is 15.9 Å². The molecule has 0 aliphatic heterocycles. The Labute approximate surface area is 150 Å². The summed E-state index contributed by atoms with van der Waals surface area (Å²) in [5, 5.41) is 3.76. The van der Waals surface area contributed by atoms with Gasteiger partial charge in [0, 0.05) is 10.0 Å². The Bertz CT molecular complexity index is 874. The predicted molar refractivity (Wildman–Crippen MR) is 96.1 cm³/mol. The summed E-state index contributed by atoms with van der Waals surface area (Å²) < 4.78 is 29.9. The second-order valence-corrected chi connectivity index (χ2v) is 8.91. The van der Waals surface area contributed by atoms with E-state index in [-0.39, 0.29) is 16.1 Å². The number of allylic oxidation sites excluding steroid dienone is 4. The lowest BCUT2D eigenvalue weighted by Crippen LogP contribution is -2.22. The number of nitrogens with zero attached hydrogens (tertiary/aromatic N) is 1. The van der Waals surface area contributed by atoms with E-state index in [4.69, 9.17) is 4.28 Å². The number of benzene rings is 1. The first-order chi connectivity index (χ1) is 11.0. The summed E-state index contributed by atoms with van der Waals surface area (Å²) >= 11 is 3.22. The van der Waals surface area contributed by atoms with Gasteiger partial charge in [-0.2, -0.15) is 8.42 Å². The maximum atomic E-state index is 12.2. The molecule has 1 aliphatic carbocycles. The number of hydrogen-bond acceptors (Lipinski definition) is 5. The van der Waals surface area contributed by atoms with Crippen molar-refractivity contribution in [2.24, 2.45) is 10.6 Å². The molecular weight excluding hydrogens is 394 g/mol. The second kappa shape index (κ2) is 6.64. The van der Waals surface area contributed by atoms with Gasteiger partial charge in [-0.15, -0.1) is 0 Å². The zero-order chi connectivity index (χ0) is 18.1. The Balaban J connectivity index is 2.35. The van der Waals surface area contributed by atoms with Gasteiger partial charge in [0.1, 0.15) is 10.6 Å². The minimum atomic E-state index is -4.03. The molecule has 0 heterocycles. The quantitative estimate of drug-likeness (QED) is 0.556. The van der Waals surface area contributed by atoms with Crippen molar-refractivity contribution in [2.45, 2.75) is 32.6 Å². The molecule has 0 unspecified atom stereocenters. The third kappa shape index (κ3) is 4.21. The van der Waals surface area contributed by atoms with E-state index in [1.54, 1.807) is 25.1 Å². The average molecular weight is 412 g/mol. The van der Waals surface area contributed by atoms with Crippen molar-refractivity contribution >= 4 is 37.5 Å². The first-order valence-electron chi connectivity index (χ1n) is 7.23. The summed E-state index contributed by atoms with van der Waals surface area (Å²) in [5.74, 6) is -0.103. The molecule has 1 aromatic carbocycles. The van der Waals surface area contributed by atoms with E-state index in [2.05, 4.69) is 21.1 Å². The Hall–Kier alpha value is -1.73. The maximum absolute atomic E-state index is 12.2. The minimum absolute atomic E-state index is 0.00484. The first kappa shape index (κ1) is 18.6. The average Bonchev–Trinajstić information content (AvgIpc) is 2.45. The lowest BCUT2D eigenvalue weighted by molar-refractivity contribution is -0.112. The number of ketones is 1. The molecule has 0 saturated carbocycles. The minimum Gasteiger partial charge on any atom is -0.290 e. The molecule has 0 N–H and O–H groups in total. The van der Waals surface area contributed by atoms with Crippen LogP contribution in [0.25, 0.3) is 0 Å². The first-order valence-corrected chi connectivity index (χ1v) is 9.43. The highest BCUT2D eigenvalue weighted by molar-refractivity contribution is 9.10. The molecule has 0 aromatic heterocycles. The molecule has 0 fully saturated rings. The van der Waals surface area contributed by atoms with E-state index in [0.717, 1.165) is 0 Å². The zero-order valence-electron chi connectivity index (χ0n) is 13.8. The number of oxime groups is 1. The molecular formula is C17H18BrNO4S. The third-order valence-corrected chi connectivity index (χ3v) is 5.02. The number of hydrogen-bond donors (Lipinski definition) is 0. The van der Waals surface area contributed by atoms with Crippen LogP contribution in [0.1, 0.15) is 27.7 Å². The van der Waals surface area contributed by atoms with Gasteiger partial charge < -0.3 is 0 Å². The van der Waals surface area contributed by atoms with Gasteiger partial charge in [-0.3, -0.25) is 9.08 Å². The van der Waals surface area contributed by atoms with Crippen LogP contribution in [-0.2, 0) is 19.2 Å². The van der Waals surface area contributed by atoms with Gasteiger partial charge in [0.15, 0.2) is 5.78 Å². The maximum Gasteiger partial charge on any atom is 0.358 e. The highest BCUT2D eigenvalue weighted by atomic mass is 79.9. The van der Waals surface area contributed by atoms with Crippen LogP contribution in [-0.4, -0.2) is 19.9 Å². The molecule has 2 rings (SSSR count). The summed E-state index contributed by atoms with van der Waals surface area (Å²) in [6, 6.07) is 6.15. The monoisotopic (exact) mass is 411 g/mol. The van der Waals surface area contributed by atoms with Crippen LogP contribution in [0.4, 0.5) is 0 Å². The van der Waals surface area contributed by atoms with E-state index in [9.17, 15) is 13.2 Å². The lowest BCUT2D eigenvalue weighted by atomic mass is 9.80. The second-order valence-electron chi connectivity index (χ2n) is 6.46. The van der Waals surface area contributed by atoms with Crippen molar-refractivity contribution in [3.05, 3.63) is 52.0 Å². The summed E-state index contributed by atoms with van der Waals surface area (Å²) in [5.41, 5.74) is 1.05. The van der Waals surface area contributed by atoms with Crippen molar-refractivity contribution in [1.82, 2.24) is 0 Å². The van der Waals surface area contributed by atoms with Crippen LogP contribution in [0.3, 0.4) is 0 Å². The summed E-state index contributed by atoms with van der Waals surface area (Å²) in [4.78, 5) is 12.1. The fourth-order valence-electron chi connectivity index (χ4n) is 2.11. The van der Waals surface area contributed by atoms with Crippen LogP contribution in [0, 0.1) is 5.41 Å². The fraction of sp³-hybridized carbons (Fsp3) is 0.294. The van der Waals surface area contributed by atoms with Gasteiger partial charge in [0.25, 0.3) is 0 Å². The Morgan fingerprint density at radius 1 is 1.17 bits per heavy atom. The fourth-order valence-corrected chi connectivity index (χ4v) is 3.44. The Morgan fingerprint density at radius 3 is 2.42 bits per heavy atom. The molecule has 0 bridgehead atoms. The number of carbonyl (C=O) groups excluding carboxylic acids is 1. The standard InChI is InChI=1S/C17H18BrNO4S/c1-11-8-16(20)14(17(2,3)4)10-15(11)19-23-24(21,22)13-7-5-6-12(18)9-13/h5-10H,1-4H3/b19-15-. The van der Waals surface area contributed by atoms with Gasteiger partial charge in [-0.05, 0) is 48.3 Å². The molecule has 0 spiro atoms. The van der Waals surface area contributed by atoms with Crippen LogP contribution < -0.4 is 0 Å².